The Labute approximate surface area is 158 Å². The minimum absolute atomic E-state index is 0.0899. The normalized spacial score (nSPS) is 10.8. The van der Waals surface area contributed by atoms with E-state index in [1.54, 1.807) is 0 Å². The summed E-state index contributed by atoms with van der Waals surface area (Å²) in [5.74, 6) is -0.0899. The molecule has 0 fully saturated rings. The minimum atomic E-state index is -0.0899. The molecule has 3 nitrogen and oxygen atoms in total. The summed E-state index contributed by atoms with van der Waals surface area (Å²) in [4.78, 5) is 12.3. The summed E-state index contributed by atoms with van der Waals surface area (Å²) in [5, 5.41) is 3.55. The molecule has 0 bridgehead atoms. The SMILES string of the molecule is Cc1c(Cl)cccc1NC(=O)C[n+]1ccc(C=Cc2ccccc2)cc1. The zero-order chi connectivity index (χ0) is 18.4. The van der Waals surface area contributed by atoms with Crippen LogP contribution in [0.5, 0.6) is 0 Å². The van der Waals surface area contributed by atoms with Gasteiger partial charge in [0, 0.05) is 22.8 Å². The summed E-state index contributed by atoms with van der Waals surface area (Å²) in [6.07, 6.45) is 7.91. The van der Waals surface area contributed by atoms with Gasteiger partial charge >= 0.3 is 0 Å². The maximum absolute atomic E-state index is 12.3. The Balaban J connectivity index is 1.61. The summed E-state index contributed by atoms with van der Waals surface area (Å²) in [6, 6.07) is 19.6. The molecule has 0 saturated carbocycles. The lowest BCUT2D eigenvalue weighted by Crippen LogP contribution is -2.39. The molecule has 1 heterocycles. The summed E-state index contributed by atoms with van der Waals surface area (Å²) in [6.45, 7) is 2.13. The topological polar surface area (TPSA) is 33.0 Å². The highest BCUT2D eigenvalue weighted by atomic mass is 35.5. The average molecular weight is 364 g/mol. The van der Waals surface area contributed by atoms with Gasteiger partial charge in [-0.1, -0.05) is 60.2 Å². The first-order valence-electron chi connectivity index (χ1n) is 8.39. The lowest BCUT2D eigenvalue weighted by Gasteiger charge is -2.08. The number of amides is 1. The number of aromatic nitrogens is 1. The molecule has 1 aromatic heterocycles. The van der Waals surface area contributed by atoms with Gasteiger partial charge in [0.1, 0.15) is 0 Å². The van der Waals surface area contributed by atoms with E-state index in [1.165, 1.54) is 0 Å². The van der Waals surface area contributed by atoms with E-state index in [4.69, 9.17) is 11.6 Å². The largest absolute Gasteiger partial charge is 0.320 e. The van der Waals surface area contributed by atoms with Crippen LogP contribution in [0.25, 0.3) is 12.2 Å². The molecular weight excluding hydrogens is 344 g/mol. The van der Waals surface area contributed by atoms with Crippen LogP contribution in [-0.4, -0.2) is 5.91 Å². The van der Waals surface area contributed by atoms with Crippen LogP contribution in [-0.2, 0) is 11.3 Å². The van der Waals surface area contributed by atoms with Crippen LogP contribution in [0.15, 0.2) is 73.1 Å². The van der Waals surface area contributed by atoms with Crippen molar-refractivity contribution in [1.82, 2.24) is 0 Å². The number of rotatable bonds is 5. The molecule has 0 aliphatic rings. The third-order valence-corrected chi connectivity index (χ3v) is 4.46. The van der Waals surface area contributed by atoms with Crippen LogP contribution in [0.3, 0.4) is 0 Å². The molecule has 3 aromatic rings. The molecule has 26 heavy (non-hydrogen) atoms. The molecule has 4 heteroatoms. The number of carbonyl (C=O) groups is 1. The maximum atomic E-state index is 12.3. The van der Waals surface area contributed by atoms with Crippen molar-refractivity contribution in [3.05, 3.63) is 94.8 Å². The van der Waals surface area contributed by atoms with Crippen LogP contribution in [0.4, 0.5) is 5.69 Å². The maximum Gasteiger partial charge on any atom is 0.290 e. The Hall–Kier alpha value is -2.91. The number of hydrogen-bond donors (Lipinski definition) is 1. The molecule has 0 spiro atoms. The standard InChI is InChI=1S/C22H19ClN2O/c1-17-20(23)8-5-9-21(17)24-22(26)16-25-14-12-19(13-15-25)11-10-18-6-3-2-4-7-18/h2-15H,16H2,1H3/p+1. The van der Waals surface area contributed by atoms with Gasteiger partial charge in [-0.3, -0.25) is 4.79 Å². The Morgan fingerprint density at radius 2 is 1.62 bits per heavy atom. The monoisotopic (exact) mass is 363 g/mol. The van der Waals surface area contributed by atoms with Gasteiger partial charge in [-0.25, -0.2) is 0 Å². The van der Waals surface area contributed by atoms with Gasteiger partial charge in [0.05, 0.1) is 0 Å². The second-order valence-corrected chi connectivity index (χ2v) is 6.42. The van der Waals surface area contributed by atoms with Crippen LogP contribution < -0.4 is 9.88 Å². The minimum Gasteiger partial charge on any atom is -0.320 e. The van der Waals surface area contributed by atoms with Gasteiger partial charge in [0.25, 0.3) is 5.91 Å². The van der Waals surface area contributed by atoms with Crippen molar-refractivity contribution in [1.29, 1.82) is 0 Å². The van der Waals surface area contributed by atoms with Crippen molar-refractivity contribution >= 4 is 35.3 Å². The Morgan fingerprint density at radius 1 is 0.962 bits per heavy atom. The van der Waals surface area contributed by atoms with Crippen LogP contribution >= 0.6 is 11.6 Å². The van der Waals surface area contributed by atoms with Gasteiger partial charge in [-0.05, 0) is 35.7 Å². The molecule has 0 aliphatic carbocycles. The van der Waals surface area contributed by atoms with E-state index in [2.05, 4.69) is 29.6 Å². The summed E-state index contributed by atoms with van der Waals surface area (Å²) < 4.78 is 1.84. The lowest BCUT2D eigenvalue weighted by atomic mass is 10.1. The molecule has 0 radical (unpaired) electrons. The molecule has 1 amide bonds. The Bertz CT molecular complexity index is 919. The molecule has 2 aromatic carbocycles. The zero-order valence-electron chi connectivity index (χ0n) is 14.5. The van der Waals surface area contributed by atoms with Crippen molar-refractivity contribution in [2.75, 3.05) is 5.32 Å². The molecular formula is C22H20ClN2O+. The zero-order valence-corrected chi connectivity index (χ0v) is 15.3. The molecule has 1 N–H and O–H groups in total. The third kappa shape index (κ3) is 4.80. The van der Waals surface area contributed by atoms with Crippen molar-refractivity contribution in [3.8, 4) is 0 Å². The van der Waals surface area contributed by atoms with E-state index in [-0.39, 0.29) is 12.5 Å². The third-order valence-electron chi connectivity index (χ3n) is 4.05. The quantitative estimate of drug-likeness (QED) is 0.652. The van der Waals surface area contributed by atoms with E-state index < -0.39 is 0 Å². The molecule has 0 aliphatic heterocycles. The highest BCUT2D eigenvalue weighted by Crippen LogP contribution is 2.22. The highest BCUT2D eigenvalue weighted by molar-refractivity contribution is 6.31. The predicted octanol–water partition coefficient (Wildman–Crippen LogP) is 4.75. The van der Waals surface area contributed by atoms with Crippen LogP contribution in [0.1, 0.15) is 16.7 Å². The van der Waals surface area contributed by atoms with E-state index in [9.17, 15) is 4.79 Å². The fourth-order valence-electron chi connectivity index (χ4n) is 2.54. The second kappa shape index (κ2) is 8.45. The molecule has 130 valence electrons. The number of halogens is 1. The number of benzene rings is 2. The molecule has 0 unspecified atom stereocenters. The second-order valence-electron chi connectivity index (χ2n) is 6.01. The van der Waals surface area contributed by atoms with E-state index in [0.29, 0.717) is 5.02 Å². The molecule has 0 saturated heterocycles. The van der Waals surface area contributed by atoms with E-state index in [1.807, 2.05) is 72.4 Å². The number of nitrogens with zero attached hydrogens (tertiary/aromatic N) is 1. The molecule has 0 atom stereocenters. The first-order chi connectivity index (χ1) is 12.6. The fraction of sp³-hybridized carbons (Fsp3) is 0.0909. The van der Waals surface area contributed by atoms with Gasteiger partial charge in [-0.15, -0.1) is 0 Å². The number of pyridine rings is 1. The smallest absolute Gasteiger partial charge is 0.290 e. The number of hydrogen-bond acceptors (Lipinski definition) is 1. The van der Waals surface area contributed by atoms with Crippen LogP contribution in [0, 0.1) is 6.92 Å². The van der Waals surface area contributed by atoms with Crippen molar-refractivity contribution in [2.45, 2.75) is 13.5 Å². The fourth-order valence-corrected chi connectivity index (χ4v) is 2.71. The van der Waals surface area contributed by atoms with Crippen LogP contribution in [0.2, 0.25) is 5.02 Å². The van der Waals surface area contributed by atoms with E-state index in [0.717, 1.165) is 22.4 Å². The van der Waals surface area contributed by atoms with E-state index >= 15 is 0 Å². The number of anilines is 1. The van der Waals surface area contributed by atoms with Crippen molar-refractivity contribution in [3.63, 3.8) is 0 Å². The van der Waals surface area contributed by atoms with Gasteiger partial charge < -0.3 is 5.32 Å². The number of nitrogens with one attached hydrogen (secondary N) is 1. The van der Waals surface area contributed by atoms with Gasteiger partial charge in [-0.2, -0.15) is 4.57 Å². The van der Waals surface area contributed by atoms with Gasteiger partial charge in [0.15, 0.2) is 12.4 Å². The summed E-state index contributed by atoms with van der Waals surface area (Å²) in [5.41, 5.74) is 3.84. The lowest BCUT2D eigenvalue weighted by molar-refractivity contribution is -0.684. The molecule has 3 rings (SSSR count). The first-order valence-corrected chi connectivity index (χ1v) is 8.77. The van der Waals surface area contributed by atoms with Crippen molar-refractivity contribution in [2.24, 2.45) is 0 Å². The summed E-state index contributed by atoms with van der Waals surface area (Å²) in [7, 11) is 0. The summed E-state index contributed by atoms with van der Waals surface area (Å²) >= 11 is 6.09. The first kappa shape index (κ1) is 17.9. The Kier molecular flexibility index (Phi) is 5.82. The van der Waals surface area contributed by atoms with Crippen molar-refractivity contribution < 1.29 is 9.36 Å². The Morgan fingerprint density at radius 3 is 2.31 bits per heavy atom. The predicted molar refractivity (Wildman–Crippen MR) is 107 cm³/mol. The van der Waals surface area contributed by atoms with Gasteiger partial charge in [0.2, 0.25) is 6.54 Å². The number of carbonyl (C=O) groups excluding carboxylic acids is 1. The average Bonchev–Trinajstić information content (AvgIpc) is 2.66. The highest BCUT2D eigenvalue weighted by Gasteiger charge is 2.11.